The summed E-state index contributed by atoms with van der Waals surface area (Å²) >= 11 is 0. The summed E-state index contributed by atoms with van der Waals surface area (Å²) in [5.74, 6) is 2.61. The van der Waals surface area contributed by atoms with Crippen molar-refractivity contribution in [2.75, 3.05) is 0 Å². The molecular formula is C70H96N10. The molecular weight excluding hydrogens is 981 g/mol. The van der Waals surface area contributed by atoms with Crippen LogP contribution in [0.2, 0.25) is 0 Å². The SMILES string of the molecule is CCCCCCCCCCc1cc2c(cc1CCCCCCCCCC)-c1nc-2nc2[nH]c(nc3nc(nc4[nH]c(n1)c1cnccc41)-c1cc(CCCCCCCCCC)c(CCCCCCCCCC)cc1-3)c1cnccc21. The van der Waals surface area contributed by atoms with E-state index in [4.69, 9.17) is 29.9 Å². The predicted octanol–water partition coefficient (Wildman–Crippen LogP) is 20.4. The van der Waals surface area contributed by atoms with Crippen LogP contribution in [-0.4, -0.2) is 49.8 Å². The lowest BCUT2D eigenvalue weighted by atomic mass is 9.92. The fourth-order valence-electron chi connectivity index (χ4n) is 12.5. The number of H-pyrrole nitrogens is 2. The third kappa shape index (κ3) is 15.8. The molecule has 10 nitrogen and oxygen atoms in total. The molecule has 5 aromatic heterocycles. The third-order valence-corrected chi connectivity index (χ3v) is 17.3. The van der Waals surface area contributed by atoms with E-state index in [1.54, 1.807) is 0 Å². The van der Waals surface area contributed by atoms with E-state index in [0.717, 1.165) is 69.5 Å². The molecule has 0 aliphatic carbocycles. The van der Waals surface area contributed by atoms with Gasteiger partial charge >= 0.3 is 0 Å². The van der Waals surface area contributed by atoms with Crippen molar-refractivity contribution in [2.24, 2.45) is 0 Å². The molecule has 2 aliphatic rings. The highest BCUT2D eigenvalue weighted by Crippen LogP contribution is 2.40. The van der Waals surface area contributed by atoms with Crippen LogP contribution in [0.5, 0.6) is 0 Å². The minimum atomic E-state index is 0.649. The van der Waals surface area contributed by atoms with Gasteiger partial charge in [0.15, 0.2) is 23.3 Å². The van der Waals surface area contributed by atoms with Crippen LogP contribution >= 0.6 is 0 Å². The lowest BCUT2D eigenvalue weighted by Gasteiger charge is -2.13. The van der Waals surface area contributed by atoms with Gasteiger partial charge in [-0.15, -0.1) is 0 Å². The molecule has 7 heterocycles. The molecule has 0 spiro atoms. The predicted molar refractivity (Wildman–Crippen MR) is 337 cm³/mol. The summed E-state index contributed by atoms with van der Waals surface area (Å²) in [6, 6.07) is 13.7. The zero-order chi connectivity index (χ0) is 55.1. The van der Waals surface area contributed by atoms with Crippen LogP contribution in [0.25, 0.3) is 89.7 Å². The number of hydrogen-bond acceptors (Lipinski definition) is 8. The first-order chi connectivity index (χ1) is 39.6. The highest BCUT2D eigenvalue weighted by atomic mass is 15.1. The van der Waals surface area contributed by atoms with E-state index in [0.29, 0.717) is 45.9 Å². The second-order valence-corrected chi connectivity index (χ2v) is 23.7. The number of benzene rings is 2. The molecule has 0 saturated heterocycles. The van der Waals surface area contributed by atoms with Crippen molar-refractivity contribution >= 4 is 44.1 Å². The van der Waals surface area contributed by atoms with Gasteiger partial charge in [-0.25, -0.2) is 29.9 Å². The number of hydrogen-bond donors (Lipinski definition) is 2. The maximum atomic E-state index is 5.46. The fraction of sp³-hybridized carbons (Fsp3) is 0.571. The molecule has 8 bridgehead atoms. The first-order valence-electron chi connectivity index (χ1n) is 32.6. The molecule has 0 atom stereocenters. The standard InChI is InChI=1S/C70H96N10/c1-5-9-13-17-21-25-29-33-37-51-45-57-59(47-53(51)39-35-31-27-23-19-15-11-7-3)67-77-65(57)73-63-55-41-43-71-49-61(55)70(75-63)80-68-60-48-54(40-36-32-28-24-20-16-12-8-4)52(38-34-30-26-22-18-14-10-6-2)46-58(60)66(78-68)74-64-56-42-44-72-50-62(56)69(76-64)79-67/h41-50H,5-40H2,1-4H3,(H2,73,74,75,76,77,78,79,80). The molecule has 0 unspecified atom stereocenters. The molecule has 0 saturated carbocycles. The summed E-state index contributed by atoms with van der Waals surface area (Å²) in [5.41, 5.74) is 12.5. The van der Waals surface area contributed by atoms with Gasteiger partial charge in [-0.05, 0) is 110 Å². The number of unbranched alkanes of at least 4 members (excludes halogenated alkanes) is 28. The Kier molecular flexibility index (Phi) is 23.0. The van der Waals surface area contributed by atoms with Gasteiger partial charge in [0.1, 0.15) is 22.6 Å². The van der Waals surface area contributed by atoms with Crippen LogP contribution in [-0.2, 0) is 25.7 Å². The molecule has 0 fully saturated rings. The normalized spacial score (nSPS) is 12.1. The molecule has 0 radical (unpaired) electrons. The van der Waals surface area contributed by atoms with Crippen LogP contribution in [0.1, 0.15) is 255 Å². The van der Waals surface area contributed by atoms with Gasteiger partial charge < -0.3 is 9.97 Å². The van der Waals surface area contributed by atoms with Crippen molar-refractivity contribution in [2.45, 2.75) is 259 Å². The highest BCUT2D eigenvalue weighted by Gasteiger charge is 2.25. The van der Waals surface area contributed by atoms with Crippen LogP contribution in [0.15, 0.2) is 61.2 Å². The minimum Gasteiger partial charge on any atom is -0.324 e. The van der Waals surface area contributed by atoms with Crippen molar-refractivity contribution in [3.8, 4) is 45.6 Å². The van der Waals surface area contributed by atoms with E-state index < -0.39 is 0 Å². The second-order valence-electron chi connectivity index (χ2n) is 23.7. The van der Waals surface area contributed by atoms with E-state index in [-0.39, 0.29) is 0 Å². The molecule has 2 N–H and O–H groups in total. The summed E-state index contributed by atoms with van der Waals surface area (Å²) < 4.78 is 0. The topological polar surface area (TPSA) is 135 Å². The summed E-state index contributed by atoms with van der Waals surface area (Å²) in [7, 11) is 0. The molecule has 80 heavy (non-hydrogen) atoms. The zero-order valence-electron chi connectivity index (χ0n) is 49.8. The average Bonchev–Trinajstić information content (AvgIpc) is 4.21. The Morgan fingerprint density at radius 3 is 0.775 bits per heavy atom. The van der Waals surface area contributed by atoms with Gasteiger partial charge in [-0.1, -0.05) is 207 Å². The minimum absolute atomic E-state index is 0.649. The highest BCUT2D eigenvalue weighted by molar-refractivity contribution is 6.06. The fourth-order valence-corrected chi connectivity index (χ4v) is 12.5. The van der Waals surface area contributed by atoms with Crippen LogP contribution in [0.3, 0.4) is 0 Å². The number of aryl methyl sites for hydroxylation is 4. The Hall–Kier alpha value is -5.90. The number of fused-ring (bicyclic) bond motifs is 20. The van der Waals surface area contributed by atoms with Crippen molar-refractivity contribution in [1.29, 1.82) is 0 Å². The first-order valence-corrected chi connectivity index (χ1v) is 32.6. The molecule has 9 rings (SSSR count). The summed E-state index contributed by atoms with van der Waals surface area (Å²) in [5, 5.41) is 3.67. The summed E-state index contributed by atoms with van der Waals surface area (Å²) in [4.78, 5) is 49.2. The Balaban J connectivity index is 1.14. The van der Waals surface area contributed by atoms with Gasteiger partial charge in [-0.2, -0.15) is 0 Å². The van der Waals surface area contributed by atoms with E-state index in [9.17, 15) is 0 Å². The molecule has 7 aromatic rings. The number of nitrogens with zero attached hydrogens (tertiary/aromatic N) is 8. The number of aromatic nitrogens is 10. The van der Waals surface area contributed by atoms with Gasteiger partial charge in [-0.3, -0.25) is 9.97 Å². The smallest absolute Gasteiger partial charge is 0.164 e. The lowest BCUT2D eigenvalue weighted by Crippen LogP contribution is -1.98. The number of rotatable bonds is 36. The number of aromatic amines is 2. The number of nitrogens with one attached hydrogen (secondary N) is 2. The average molecular weight is 1080 g/mol. The van der Waals surface area contributed by atoms with Crippen LogP contribution in [0.4, 0.5) is 0 Å². The van der Waals surface area contributed by atoms with Crippen LogP contribution in [0, 0.1) is 0 Å². The van der Waals surface area contributed by atoms with Crippen LogP contribution < -0.4 is 0 Å². The maximum Gasteiger partial charge on any atom is 0.164 e. The largest absolute Gasteiger partial charge is 0.324 e. The van der Waals surface area contributed by atoms with Gasteiger partial charge in [0.25, 0.3) is 0 Å². The monoisotopic (exact) mass is 1080 g/mol. The second kappa shape index (κ2) is 31.3. The Morgan fingerprint density at radius 1 is 0.275 bits per heavy atom. The lowest BCUT2D eigenvalue weighted by molar-refractivity contribution is 0.570. The quantitative estimate of drug-likeness (QED) is 0.0371. The molecule has 0 amide bonds. The van der Waals surface area contributed by atoms with Gasteiger partial charge in [0.2, 0.25) is 0 Å². The third-order valence-electron chi connectivity index (χ3n) is 17.3. The zero-order valence-corrected chi connectivity index (χ0v) is 49.8. The maximum absolute atomic E-state index is 5.46. The Labute approximate surface area is 479 Å². The van der Waals surface area contributed by atoms with E-state index >= 15 is 0 Å². The van der Waals surface area contributed by atoms with E-state index in [1.807, 2.05) is 36.9 Å². The van der Waals surface area contributed by atoms with Crippen molar-refractivity contribution in [1.82, 2.24) is 49.8 Å². The van der Waals surface area contributed by atoms with Crippen molar-refractivity contribution in [3.05, 3.63) is 83.4 Å². The summed E-state index contributed by atoms with van der Waals surface area (Å²) in [6.07, 6.45) is 53.3. The van der Waals surface area contributed by atoms with E-state index in [2.05, 4.69) is 71.9 Å². The molecule has 2 aliphatic heterocycles. The molecule has 426 valence electrons. The molecule has 2 aromatic carbocycles. The van der Waals surface area contributed by atoms with E-state index in [1.165, 1.54) is 228 Å². The summed E-state index contributed by atoms with van der Waals surface area (Å²) in [6.45, 7) is 9.20. The van der Waals surface area contributed by atoms with Crippen molar-refractivity contribution < 1.29 is 0 Å². The van der Waals surface area contributed by atoms with Gasteiger partial charge in [0.05, 0.1) is 0 Å². The van der Waals surface area contributed by atoms with Crippen molar-refractivity contribution in [3.63, 3.8) is 0 Å². The number of pyridine rings is 2. The van der Waals surface area contributed by atoms with Gasteiger partial charge in [0, 0.05) is 68.6 Å². The Morgan fingerprint density at radius 2 is 0.512 bits per heavy atom. The first kappa shape index (κ1) is 58.7. The molecule has 10 heteroatoms. The Bertz CT molecular complexity index is 2800.